The van der Waals surface area contributed by atoms with Gasteiger partial charge in [0.05, 0.1) is 12.7 Å². The van der Waals surface area contributed by atoms with Gasteiger partial charge in [-0.3, -0.25) is 9.36 Å². The number of aromatic nitrogens is 5. The number of rotatable bonds is 4. The zero-order valence-electron chi connectivity index (χ0n) is 18.0. The molecule has 1 saturated heterocycles. The Hall–Kier alpha value is -3.06. The van der Waals surface area contributed by atoms with Crippen LogP contribution in [-0.2, 0) is 13.1 Å². The quantitative estimate of drug-likeness (QED) is 0.440. The summed E-state index contributed by atoms with van der Waals surface area (Å²) in [6.45, 7) is 3.75. The van der Waals surface area contributed by atoms with Gasteiger partial charge in [-0.25, -0.2) is 14.6 Å². The molecule has 3 aromatic heterocycles. The Bertz CT molecular complexity index is 1430. The number of oxazole rings is 1. The molecule has 33 heavy (non-hydrogen) atoms. The maximum absolute atomic E-state index is 13.4. The van der Waals surface area contributed by atoms with Gasteiger partial charge in [0, 0.05) is 24.2 Å². The first-order valence-corrected chi connectivity index (χ1v) is 10.8. The third-order valence-electron chi connectivity index (χ3n) is 5.56. The molecule has 1 aliphatic heterocycles. The highest BCUT2D eigenvalue weighted by Gasteiger charge is 2.24. The third-order valence-corrected chi connectivity index (χ3v) is 5.80. The molecule has 1 atom stereocenters. The van der Waals surface area contributed by atoms with Gasteiger partial charge in [0.25, 0.3) is 5.56 Å². The molecular weight excluding hydrogens is 465 g/mol. The summed E-state index contributed by atoms with van der Waals surface area (Å²) in [5.41, 5.74) is 8.12. The van der Waals surface area contributed by atoms with E-state index in [1.165, 1.54) is 4.68 Å². The molecule has 0 amide bonds. The van der Waals surface area contributed by atoms with Crippen molar-refractivity contribution in [1.82, 2.24) is 24.3 Å². The fourth-order valence-corrected chi connectivity index (χ4v) is 4.24. The fourth-order valence-electron chi connectivity index (χ4n) is 4.07. The number of nitrogens with two attached hydrogens (primary N) is 1. The number of halogens is 2. The molecule has 0 spiro atoms. The lowest BCUT2D eigenvalue weighted by atomic mass is 10.1. The Kier molecular flexibility index (Phi) is 6.61. The molecule has 0 aliphatic carbocycles. The molecule has 0 radical (unpaired) electrons. The number of benzene rings is 1. The van der Waals surface area contributed by atoms with Gasteiger partial charge in [-0.1, -0.05) is 17.5 Å². The van der Waals surface area contributed by atoms with Crippen LogP contribution in [0.5, 0.6) is 0 Å². The van der Waals surface area contributed by atoms with E-state index in [4.69, 9.17) is 26.7 Å². The zero-order valence-corrected chi connectivity index (χ0v) is 19.6. The summed E-state index contributed by atoms with van der Waals surface area (Å²) in [6.07, 6.45) is 3.56. The lowest BCUT2D eigenvalue weighted by Gasteiger charge is -2.31. The van der Waals surface area contributed by atoms with Crippen molar-refractivity contribution in [2.75, 3.05) is 18.0 Å². The first kappa shape index (κ1) is 23.1. The summed E-state index contributed by atoms with van der Waals surface area (Å²) in [7, 11) is 0. The molecule has 9 nitrogen and oxygen atoms in total. The van der Waals surface area contributed by atoms with Crippen molar-refractivity contribution >= 4 is 52.1 Å². The monoisotopic (exact) mass is 487 g/mol. The van der Waals surface area contributed by atoms with Gasteiger partial charge in [0.15, 0.2) is 5.58 Å². The normalized spacial score (nSPS) is 16.0. The predicted molar refractivity (Wildman–Crippen MR) is 130 cm³/mol. The molecule has 2 N–H and O–H groups in total. The Balaban J connectivity index is 0.00000259. The standard InChI is InChI=1S/C22H22ClN7O2.ClH/c1-2-3-9-29-20-17(27-22(29)28-8-4-5-15(24)12-28)11-25-30(21(20)31)13-19-26-16-10-14(23)6-7-18(16)32-19;/h6-7,10-11,15H,4-5,8-9,12-13,24H2,1H3;1H/t15-;/m1./s1. The maximum atomic E-state index is 13.4. The SMILES string of the molecule is CC#CCn1c(N2CCC[C@@H](N)C2)nc2cnn(Cc3nc4cc(Cl)ccc4o3)c(=O)c21.Cl. The zero-order chi connectivity index (χ0) is 22.2. The van der Waals surface area contributed by atoms with E-state index in [0.717, 1.165) is 19.4 Å². The number of fused-ring (bicyclic) bond motifs is 2. The van der Waals surface area contributed by atoms with E-state index >= 15 is 0 Å². The maximum Gasteiger partial charge on any atom is 0.293 e. The Labute approximate surface area is 200 Å². The van der Waals surface area contributed by atoms with Gasteiger partial charge >= 0.3 is 0 Å². The largest absolute Gasteiger partial charge is 0.439 e. The van der Waals surface area contributed by atoms with Crippen molar-refractivity contribution in [2.45, 2.75) is 38.9 Å². The first-order chi connectivity index (χ1) is 15.5. The molecule has 4 heterocycles. The highest BCUT2D eigenvalue weighted by atomic mass is 35.5. The van der Waals surface area contributed by atoms with Crippen LogP contribution < -0.4 is 16.2 Å². The van der Waals surface area contributed by atoms with Crippen LogP contribution >= 0.6 is 24.0 Å². The average molecular weight is 488 g/mol. The summed E-state index contributed by atoms with van der Waals surface area (Å²) < 4.78 is 8.95. The summed E-state index contributed by atoms with van der Waals surface area (Å²) in [6, 6.07) is 5.28. The van der Waals surface area contributed by atoms with Gasteiger partial charge in [0.1, 0.15) is 23.1 Å². The van der Waals surface area contributed by atoms with E-state index in [-0.39, 0.29) is 30.6 Å². The summed E-state index contributed by atoms with van der Waals surface area (Å²) in [5, 5.41) is 4.88. The molecule has 11 heteroatoms. The highest BCUT2D eigenvalue weighted by Crippen LogP contribution is 2.24. The van der Waals surface area contributed by atoms with Crippen molar-refractivity contribution in [2.24, 2.45) is 5.73 Å². The van der Waals surface area contributed by atoms with Gasteiger partial charge < -0.3 is 15.1 Å². The number of imidazole rings is 1. The predicted octanol–water partition coefficient (Wildman–Crippen LogP) is 2.81. The van der Waals surface area contributed by atoms with Gasteiger partial charge in [0.2, 0.25) is 11.8 Å². The molecule has 1 aliphatic rings. The fraction of sp³-hybridized carbons (Fsp3) is 0.364. The van der Waals surface area contributed by atoms with E-state index in [2.05, 4.69) is 26.8 Å². The first-order valence-electron chi connectivity index (χ1n) is 10.4. The number of piperidine rings is 1. The van der Waals surface area contributed by atoms with Gasteiger partial charge in [-0.05, 0) is 38.0 Å². The van der Waals surface area contributed by atoms with E-state index in [9.17, 15) is 4.79 Å². The number of hydrogen-bond donors (Lipinski definition) is 1. The number of nitrogens with zero attached hydrogens (tertiary/aromatic N) is 6. The van der Waals surface area contributed by atoms with E-state index < -0.39 is 0 Å². The second-order valence-electron chi connectivity index (χ2n) is 7.83. The smallest absolute Gasteiger partial charge is 0.293 e. The average Bonchev–Trinajstić information content (AvgIpc) is 3.35. The van der Waals surface area contributed by atoms with E-state index in [0.29, 0.717) is 52.1 Å². The summed E-state index contributed by atoms with van der Waals surface area (Å²) in [5.74, 6) is 7.03. The summed E-state index contributed by atoms with van der Waals surface area (Å²) in [4.78, 5) is 24.7. The van der Waals surface area contributed by atoms with Gasteiger partial charge in [-0.2, -0.15) is 5.10 Å². The minimum atomic E-state index is -0.277. The minimum Gasteiger partial charge on any atom is -0.439 e. The lowest BCUT2D eigenvalue weighted by Crippen LogP contribution is -2.44. The van der Waals surface area contributed by atoms with Crippen LogP contribution in [0, 0.1) is 11.8 Å². The highest BCUT2D eigenvalue weighted by molar-refractivity contribution is 6.31. The van der Waals surface area contributed by atoms with Crippen LogP contribution in [-0.4, -0.2) is 43.4 Å². The van der Waals surface area contributed by atoms with Crippen LogP contribution in [0.25, 0.3) is 22.1 Å². The number of anilines is 1. The Morgan fingerprint density at radius 3 is 2.94 bits per heavy atom. The van der Waals surface area contributed by atoms with Crippen molar-refractivity contribution in [3.63, 3.8) is 0 Å². The molecular formula is C22H23Cl2N7O2. The van der Waals surface area contributed by atoms with Crippen molar-refractivity contribution in [1.29, 1.82) is 0 Å². The molecule has 172 valence electrons. The molecule has 4 aromatic rings. The van der Waals surface area contributed by atoms with Gasteiger partial charge in [-0.15, -0.1) is 18.3 Å². The van der Waals surface area contributed by atoms with Crippen LogP contribution in [0.3, 0.4) is 0 Å². The van der Waals surface area contributed by atoms with Crippen LogP contribution in [0.15, 0.2) is 33.6 Å². The van der Waals surface area contributed by atoms with Crippen LogP contribution in [0.4, 0.5) is 5.95 Å². The molecule has 1 fully saturated rings. The van der Waals surface area contributed by atoms with Crippen molar-refractivity contribution in [3.8, 4) is 11.8 Å². The Morgan fingerprint density at radius 1 is 1.30 bits per heavy atom. The molecule has 0 saturated carbocycles. The number of hydrogen-bond acceptors (Lipinski definition) is 7. The second kappa shape index (κ2) is 9.43. The minimum absolute atomic E-state index is 0. The van der Waals surface area contributed by atoms with Crippen LogP contribution in [0.1, 0.15) is 25.7 Å². The van der Waals surface area contributed by atoms with Crippen LogP contribution in [0.2, 0.25) is 5.02 Å². The molecule has 0 unspecified atom stereocenters. The second-order valence-corrected chi connectivity index (χ2v) is 8.27. The molecule has 1 aromatic carbocycles. The summed E-state index contributed by atoms with van der Waals surface area (Å²) >= 11 is 6.03. The van der Waals surface area contributed by atoms with Crippen molar-refractivity contribution < 1.29 is 4.42 Å². The molecule has 0 bridgehead atoms. The lowest BCUT2D eigenvalue weighted by molar-refractivity contribution is 0.482. The van der Waals surface area contributed by atoms with E-state index in [1.807, 2.05) is 4.57 Å². The third kappa shape index (κ3) is 4.42. The molecule has 5 rings (SSSR count). The van der Waals surface area contributed by atoms with Crippen molar-refractivity contribution in [3.05, 3.63) is 45.7 Å². The topological polar surface area (TPSA) is 108 Å². The Morgan fingerprint density at radius 2 is 2.15 bits per heavy atom. The van der Waals surface area contributed by atoms with E-state index in [1.54, 1.807) is 31.3 Å².